The average molecular weight is 196 g/mol. The third-order valence-corrected chi connectivity index (χ3v) is 1.70. The molecule has 1 aromatic rings. The first-order chi connectivity index (χ1) is 6.32. The van der Waals surface area contributed by atoms with Gasteiger partial charge >= 0.3 is 6.09 Å². The molecule has 5 heteroatoms. The Kier molecular flexibility index (Phi) is 2.42. The standard InChI is InChI=1S/C9H12N2O3/c1-9(2,3)7(12)6-4-5-11(10-6)8(13)14/h4-5H,1-3H3,(H,13,14). The van der Waals surface area contributed by atoms with E-state index in [1.54, 1.807) is 20.8 Å². The highest BCUT2D eigenvalue weighted by atomic mass is 16.4. The van der Waals surface area contributed by atoms with Gasteiger partial charge in [0.2, 0.25) is 0 Å². The number of hydrogen-bond acceptors (Lipinski definition) is 3. The maximum Gasteiger partial charge on any atom is 0.432 e. The summed E-state index contributed by atoms with van der Waals surface area (Å²) < 4.78 is 0.721. The number of hydrogen-bond donors (Lipinski definition) is 1. The summed E-state index contributed by atoms with van der Waals surface area (Å²) in [6, 6.07) is 1.40. The van der Waals surface area contributed by atoms with Crippen LogP contribution in [0.5, 0.6) is 0 Å². The molecule has 0 amide bonds. The Morgan fingerprint density at radius 1 is 1.43 bits per heavy atom. The van der Waals surface area contributed by atoms with Crippen LogP contribution in [0.1, 0.15) is 31.3 Å². The van der Waals surface area contributed by atoms with Crippen LogP contribution in [0.4, 0.5) is 4.79 Å². The molecule has 0 atom stereocenters. The van der Waals surface area contributed by atoms with Crippen molar-refractivity contribution in [2.75, 3.05) is 0 Å². The van der Waals surface area contributed by atoms with Crippen molar-refractivity contribution < 1.29 is 14.7 Å². The monoisotopic (exact) mass is 196 g/mol. The zero-order valence-corrected chi connectivity index (χ0v) is 8.31. The van der Waals surface area contributed by atoms with Crippen LogP contribution in [0.25, 0.3) is 0 Å². The number of carbonyl (C=O) groups excluding carboxylic acids is 1. The second-order valence-electron chi connectivity index (χ2n) is 4.01. The molecule has 0 saturated heterocycles. The summed E-state index contributed by atoms with van der Waals surface area (Å²) in [6.45, 7) is 5.28. The second kappa shape index (κ2) is 3.25. The van der Waals surface area contributed by atoms with Gasteiger partial charge in [-0.2, -0.15) is 9.78 Å². The molecule has 76 valence electrons. The van der Waals surface area contributed by atoms with Gasteiger partial charge in [0.05, 0.1) is 0 Å². The second-order valence-corrected chi connectivity index (χ2v) is 4.01. The van der Waals surface area contributed by atoms with E-state index in [9.17, 15) is 9.59 Å². The number of Topliss-reactive ketones (excluding diaryl/α,β-unsaturated/α-hetero) is 1. The molecule has 0 spiro atoms. The normalized spacial score (nSPS) is 11.4. The van der Waals surface area contributed by atoms with E-state index < -0.39 is 11.5 Å². The van der Waals surface area contributed by atoms with Gasteiger partial charge in [0.25, 0.3) is 0 Å². The number of carbonyl (C=O) groups is 2. The highest BCUT2D eigenvalue weighted by Gasteiger charge is 2.25. The molecule has 0 unspecified atom stereocenters. The molecule has 0 aliphatic heterocycles. The summed E-state index contributed by atoms with van der Waals surface area (Å²) in [5.41, 5.74) is -0.363. The molecule has 0 bridgehead atoms. The Hall–Kier alpha value is -1.65. The minimum Gasteiger partial charge on any atom is -0.463 e. The number of aromatic nitrogens is 2. The largest absolute Gasteiger partial charge is 0.463 e. The van der Waals surface area contributed by atoms with Crippen LogP contribution in [-0.2, 0) is 0 Å². The first-order valence-corrected chi connectivity index (χ1v) is 4.16. The topological polar surface area (TPSA) is 72.2 Å². The van der Waals surface area contributed by atoms with Gasteiger partial charge in [-0.05, 0) is 6.07 Å². The van der Waals surface area contributed by atoms with Gasteiger partial charge in [-0.15, -0.1) is 0 Å². The summed E-state index contributed by atoms with van der Waals surface area (Å²) >= 11 is 0. The van der Waals surface area contributed by atoms with E-state index in [1.807, 2.05) is 0 Å². The minimum atomic E-state index is -1.20. The lowest BCUT2D eigenvalue weighted by atomic mass is 9.89. The lowest BCUT2D eigenvalue weighted by molar-refractivity contribution is 0.0852. The lowest BCUT2D eigenvalue weighted by Crippen LogP contribution is -2.21. The number of ketones is 1. The predicted octanol–water partition coefficient (Wildman–Crippen LogP) is 1.64. The molecule has 1 N–H and O–H groups in total. The summed E-state index contributed by atoms with van der Waals surface area (Å²) in [4.78, 5) is 22.1. The van der Waals surface area contributed by atoms with Crippen molar-refractivity contribution in [3.8, 4) is 0 Å². The summed E-state index contributed by atoms with van der Waals surface area (Å²) in [5.74, 6) is -0.169. The van der Waals surface area contributed by atoms with E-state index in [4.69, 9.17) is 5.11 Å². The highest BCUT2D eigenvalue weighted by Crippen LogP contribution is 2.19. The number of nitrogens with zero attached hydrogens (tertiary/aromatic N) is 2. The van der Waals surface area contributed by atoms with Crippen molar-refractivity contribution in [3.63, 3.8) is 0 Å². The van der Waals surface area contributed by atoms with E-state index in [0.717, 1.165) is 4.68 Å². The number of carboxylic acid groups (broad SMARTS) is 1. The smallest absolute Gasteiger partial charge is 0.432 e. The fourth-order valence-corrected chi connectivity index (χ4v) is 0.936. The van der Waals surface area contributed by atoms with Gasteiger partial charge in [-0.25, -0.2) is 4.79 Å². The molecule has 0 radical (unpaired) electrons. The molecule has 1 rings (SSSR count). The lowest BCUT2D eigenvalue weighted by Gasteiger charge is -2.13. The van der Waals surface area contributed by atoms with E-state index in [0.29, 0.717) is 0 Å². The summed E-state index contributed by atoms with van der Waals surface area (Å²) in [6.07, 6.45) is 0.0550. The van der Waals surface area contributed by atoms with Crippen molar-refractivity contribution in [1.82, 2.24) is 9.78 Å². The van der Waals surface area contributed by atoms with E-state index >= 15 is 0 Å². The number of rotatable bonds is 1. The Morgan fingerprint density at radius 2 is 2.00 bits per heavy atom. The van der Waals surface area contributed by atoms with Crippen molar-refractivity contribution >= 4 is 11.9 Å². The minimum absolute atomic E-state index is 0.169. The fraction of sp³-hybridized carbons (Fsp3) is 0.444. The van der Waals surface area contributed by atoms with Crippen LogP contribution in [0, 0.1) is 5.41 Å². The van der Waals surface area contributed by atoms with Crippen molar-refractivity contribution in [1.29, 1.82) is 0 Å². The van der Waals surface area contributed by atoms with Crippen molar-refractivity contribution in [2.24, 2.45) is 5.41 Å². The van der Waals surface area contributed by atoms with Crippen LogP contribution in [0.15, 0.2) is 12.3 Å². The zero-order valence-electron chi connectivity index (χ0n) is 8.31. The van der Waals surface area contributed by atoms with E-state index in [1.165, 1.54) is 12.3 Å². The molecular formula is C9H12N2O3. The predicted molar refractivity (Wildman–Crippen MR) is 49.4 cm³/mol. The molecule has 5 nitrogen and oxygen atoms in total. The van der Waals surface area contributed by atoms with Gasteiger partial charge in [0.1, 0.15) is 5.69 Å². The first-order valence-electron chi connectivity index (χ1n) is 4.16. The third kappa shape index (κ3) is 1.99. The Labute approximate surface area is 81.3 Å². The molecule has 1 heterocycles. The van der Waals surface area contributed by atoms with Gasteiger partial charge in [0.15, 0.2) is 5.78 Å². The first kappa shape index (κ1) is 10.4. The van der Waals surface area contributed by atoms with Gasteiger partial charge in [-0.3, -0.25) is 4.79 Å². The SMILES string of the molecule is CC(C)(C)C(=O)c1ccn(C(=O)O)n1. The summed E-state index contributed by atoms with van der Waals surface area (Å²) in [7, 11) is 0. The molecule has 0 aliphatic carbocycles. The molecular weight excluding hydrogens is 184 g/mol. The quantitative estimate of drug-likeness (QED) is 0.693. The zero-order chi connectivity index (χ0) is 10.9. The average Bonchev–Trinajstić information content (AvgIpc) is 2.48. The Balaban J connectivity index is 2.99. The van der Waals surface area contributed by atoms with Gasteiger partial charge in [0, 0.05) is 11.6 Å². The Morgan fingerprint density at radius 3 is 2.36 bits per heavy atom. The van der Waals surface area contributed by atoms with E-state index in [-0.39, 0.29) is 11.5 Å². The van der Waals surface area contributed by atoms with E-state index in [2.05, 4.69) is 5.10 Å². The van der Waals surface area contributed by atoms with Crippen LogP contribution in [0.2, 0.25) is 0 Å². The molecule has 0 aromatic carbocycles. The van der Waals surface area contributed by atoms with Crippen LogP contribution < -0.4 is 0 Å². The van der Waals surface area contributed by atoms with Crippen molar-refractivity contribution in [3.05, 3.63) is 18.0 Å². The molecule has 0 aliphatic rings. The van der Waals surface area contributed by atoms with Crippen molar-refractivity contribution in [2.45, 2.75) is 20.8 Å². The summed E-state index contributed by atoms with van der Waals surface area (Å²) in [5, 5.41) is 12.2. The maximum absolute atomic E-state index is 11.6. The maximum atomic E-state index is 11.6. The molecule has 0 fully saturated rings. The molecule has 14 heavy (non-hydrogen) atoms. The molecule has 0 saturated carbocycles. The van der Waals surface area contributed by atoms with Gasteiger partial charge < -0.3 is 5.11 Å². The Bertz CT molecular complexity index is 374. The van der Waals surface area contributed by atoms with Crippen LogP contribution in [0.3, 0.4) is 0 Å². The van der Waals surface area contributed by atoms with Crippen LogP contribution in [-0.4, -0.2) is 26.8 Å². The van der Waals surface area contributed by atoms with Crippen LogP contribution >= 0.6 is 0 Å². The fourth-order valence-electron chi connectivity index (χ4n) is 0.936. The third-order valence-electron chi connectivity index (χ3n) is 1.70. The van der Waals surface area contributed by atoms with Gasteiger partial charge in [-0.1, -0.05) is 20.8 Å². The molecule has 1 aromatic heterocycles. The highest BCUT2D eigenvalue weighted by molar-refractivity contribution is 5.98.